The van der Waals surface area contributed by atoms with Crippen molar-refractivity contribution in [2.75, 3.05) is 5.43 Å². The highest BCUT2D eigenvalue weighted by molar-refractivity contribution is 5.67. The van der Waals surface area contributed by atoms with Crippen molar-refractivity contribution in [2.45, 2.75) is 38.3 Å². The van der Waals surface area contributed by atoms with Crippen LogP contribution >= 0.6 is 0 Å². The predicted molar refractivity (Wildman–Crippen MR) is 76.8 cm³/mol. The van der Waals surface area contributed by atoms with Gasteiger partial charge in [0, 0.05) is 12.3 Å². The van der Waals surface area contributed by atoms with Gasteiger partial charge in [-0.2, -0.15) is 18.3 Å². The van der Waals surface area contributed by atoms with Crippen LogP contribution in [-0.2, 0) is 6.18 Å². The first kappa shape index (κ1) is 16.3. The number of nitrogens with zero attached hydrogens (tertiary/aromatic N) is 2. The van der Waals surface area contributed by atoms with Crippen LogP contribution in [0.5, 0.6) is 0 Å². The van der Waals surface area contributed by atoms with Gasteiger partial charge in [-0.25, -0.2) is 0 Å². The maximum atomic E-state index is 12.6. The molecule has 2 rings (SSSR count). The minimum atomic E-state index is -4.62. The minimum absolute atomic E-state index is 0.0509. The van der Waals surface area contributed by atoms with Crippen molar-refractivity contribution in [2.24, 2.45) is 11.0 Å². The molecular weight excluding hydrogens is 299 g/mol. The third-order valence-corrected chi connectivity index (χ3v) is 3.64. The van der Waals surface area contributed by atoms with Crippen LogP contribution in [-0.4, -0.2) is 11.1 Å². The molecule has 1 saturated carbocycles. The number of anilines is 1. The van der Waals surface area contributed by atoms with Crippen molar-refractivity contribution in [1.29, 1.82) is 0 Å². The van der Waals surface area contributed by atoms with E-state index in [1.54, 1.807) is 6.21 Å². The Kier molecular flexibility index (Phi) is 4.99. The molecule has 120 valence electrons. The van der Waals surface area contributed by atoms with Crippen LogP contribution < -0.4 is 5.43 Å². The fourth-order valence-electron chi connectivity index (χ4n) is 2.45. The van der Waals surface area contributed by atoms with Gasteiger partial charge in [-0.05, 0) is 30.9 Å². The van der Waals surface area contributed by atoms with Crippen LogP contribution in [0.1, 0.15) is 37.7 Å². The van der Waals surface area contributed by atoms with Gasteiger partial charge in [0.05, 0.1) is 10.5 Å². The Hall–Kier alpha value is -2.12. The monoisotopic (exact) mass is 315 g/mol. The van der Waals surface area contributed by atoms with Crippen LogP contribution in [0.25, 0.3) is 0 Å². The third kappa shape index (κ3) is 4.19. The number of hydrogen-bond donors (Lipinski definition) is 1. The van der Waals surface area contributed by atoms with Gasteiger partial charge in [-0.1, -0.05) is 19.3 Å². The van der Waals surface area contributed by atoms with Crippen molar-refractivity contribution in [3.8, 4) is 0 Å². The van der Waals surface area contributed by atoms with Crippen LogP contribution in [0.2, 0.25) is 0 Å². The second-order valence-corrected chi connectivity index (χ2v) is 5.27. The van der Waals surface area contributed by atoms with Gasteiger partial charge in [0.1, 0.15) is 5.69 Å². The molecule has 0 radical (unpaired) electrons. The van der Waals surface area contributed by atoms with E-state index in [0.717, 1.165) is 37.8 Å². The molecule has 8 heteroatoms. The molecule has 1 aliphatic rings. The molecule has 0 amide bonds. The van der Waals surface area contributed by atoms with Gasteiger partial charge in [-0.15, -0.1) is 0 Å². The lowest BCUT2D eigenvalue weighted by Gasteiger charge is -2.16. The molecular formula is C14H16F3N3O2. The van der Waals surface area contributed by atoms with Crippen LogP contribution in [0, 0.1) is 16.0 Å². The summed E-state index contributed by atoms with van der Waals surface area (Å²) in [5.74, 6) is 0.315. The van der Waals surface area contributed by atoms with E-state index in [0.29, 0.717) is 12.0 Å². The molecule has 1 N–H and O–H groups in total. The highest BCUT2D eigenvalue weighted by Crippen LogP contribution is 2.35. The Morgan fingerprint density at radius 1 is 1.27 bits per heavy atom. The zero-order valence-electron chi connectivity index (χ0n) is 11.8. The largest absolute Gasteiger partial charge is 0.416 e. The van der Waals surface area contributed by atoms with Gasteiger partial charge >= 0.3 is 6.18 Å². The van der Waals surface area contributed by atoms with E-state index in [2.05, 4.69) is 10.5 Å². The number of alkyl halides is 3. The number of rotatable bonds is 4. The van der Waals surface area contributed by atoms with E-state index in [1.807, 2.05) is 0 Å². The fraction of sp³-hybridized carbons (Fsp3) is 0.500. The van der Waals surface area contributed by atoms with E-state index in [4.69, 9.17) is 0 Å². The fourth-order valence-corrected chi connectivity index (χ4v) is 2.45. The third-order valence-electron chi connectivity index (χ3n) is 3.64. The van der Waals surface area contributed by atoms with E-state index in [1.165, 1.54) is 6.42 Å². The Morgan fingerprint density at radius 2 is 1.95 bits per heavy atom. The first-order chi connectivity index (χ1) is 10.4. The zero-order valence-corrected chi connectivity index (χ0v) is 11.8. The number of hydrogen-bond acceptors (Lipinski definition) is 4. The first-order valence-electron chi connectivity index (χ1n) is 7.03. The van der Waals surface area contributed by atoms with Crippen molar-refractivity contribution < 1.29 is 18.1 Å². The molecule has 1 aromatic rings. The SMILES string of the molecule is O=[N+]([O-])c1cc(C(F)(F)F)ccc1N/N=C/C1CCCCC1. The molecule has 1 fully saturated rings. The summed E-state index contributed by atoms with van der Waals surface area (Å²) in [5.41, 5.74) is 0.733. The predicted octanol–water partition coefficient (Wildman–Crippen LogP) is 4.59. The lowest BCUT2D eigenvalue weighted by atomic mass is 9.90. The van der Waals surface area contributed by atoms with Crippen LogP contribution in [0.4, 0.5) is 24.5 Å². The summed E-state index contributed by atoms with van der Waals surface area (Å²) in [6.07, 6.45) is 2.53. The van der Waals surface area contributed by atoms with E-state index in [-0.39, 0.29) is 5.69 Å². The molecule has 5 nitrogen and oxygen atoms in total. The summed E-state index contributed by atoms with van der Waals surface area (Å²) >= 11 is 0. The normalized spacial score (nSPS) is 16.9. The maximum absolute atomic E-state index is 12.6. The molecule has 0 aromatic heterocycles. The molecule has 0 aliphatic heterocycles. The van der Waals surface area contributed by atoms with Gasteiger partial charge in [0.15, 0.2) is 0 Å². The van der Waals surface area contributed by atoms with E-state index < -0.39 is 22.4 Å². The van der Waals surface area contributed by atoms with E-state index in [9.17, 15) is 23.3 Å². The van der Waals surface area contributed by atoms with Crippen molar-refractivity contribution in [1.82, 2.24) is 0 Å². The molecule has 1 aromatic carbocycles. The quantitative estimate of drug-likeness (QED) is 0.502. The van der Waals surface area contributed by atoms with Gasteiger partial charge in [-0.3, -0.25) is 15.5 Å². The number of nitrogens with one attached hydrogen (secondary N) is 1. The molecule has 0 spiro atoms. The average Bonchev–Trinajstić information content (AvgIpc) is 2.47. The number of nitro groups is 1. The highest BCUT2D eigenvalue weighted by atomic mass is 19.4. The van der Waals surface area contributed by atoms with Gasteiger partial charge < -0.3 is 0 Å². The summed E-state index contributed by atoms with van der Waals surface area (Å²) < 4.78 is 37.8. The van der Waals surface area contributed by atoms with Crippen LogP contribution in [0.3, 0.4) is 0 Å². The van der Waals surface area contributed by atoms with Gasteiger partial charge in [0.25, 0.3) is 5.69 Å². The molecule has 0 unspecified atom stereocenters. The Morgan fingerprint density at radius 3 is 2.55 bits per heavy atom. The molecule has 0 bridgehead atoms. The van der Waals surface area contributed by atoms with Crippen molar-refractivity contribution in [3.63, 3.8) is 0 Å². The summed E-state index contributed by atoms with van der Waals surface area (Å²) in [6, 6.07) is 2.34. The number of benzene rings is 1. The molecule has 1 aliphatic carbocycles. The summed E-state index contributed by atoms with van der Waals surface area (Å²) in [7, 11) is 0. The maximum Gasteiger partial charge on any atom is 0.416 e. The Bertz CT molecular complexity index is 567. The number of halogens is 3. The number of nitro benzene ring substituents is 1. The average molecular weight is 315 g/mol. The summed E-state index contributed by atoms with van der Waals surface area (Å²) in [6.45, 7) is 0. The molecule has 22 heavy (non-hydrogen) atoms. The molecule has 0 saturated heterocycles. The standard InChI is InChI=1S/C14H16F3N3O2/c15-14(16,17)11-6-7-12(13(8-11)20(21)22)19-18-9-10-4-2-1-3-5-10/h6-10,19H,1-5H2/b18-9+. The second kappa shape index (κ2) is 6.76. The minimum Gasteiger partial charge on any atom is -0.272 e. The zero-order chi connectivity index (χ0) is 16.2. The first-order valence-corrected chi connectivity index (χ1v) is 7.03. The van der Waals surface area contributed by atoms with Crippen LogP contribution in [0.15, 0.2) is 23.3 Å². The molecule has 0 heterocycles. The Balaban J connectivity index is 2.12. The number of hydrazone groups is 1. The summed E-state index contributed by atoms with van der Waals surface area (Å²) in [5, 5.41) is 14.9. The Labute approximate surface area is 125 Å². The van der Waals surface area contributed by atoms with Crippen molar-refractivity contribution >= 4 is 17.6 Å². The van der Waals surface area contributed by atoms with Gasteiger partial charge in [0.2, 0.25) is 0 Å². The molecule has 0 atom stereocenters. The second-order valence-electron chi connectivity index (χ2n) is 5.27. The lowest BCUT2D eigenvalue weighted by Crippen LogP contribution is -2.09. The summed E-state index contributed by atoms with van der Waals surface area (Å²) in [4.78, 5) is 10.1. The van der Waals surface area contributed by atoms with Crippen molar-refractivity contribution in [3.05, 3.63) is 33.9 Å². The topological polar surface area (TPSA) is 67.5 Å². The lowest BCUT2D eigenvalue weighted by molar-refractivity contribution is -0.384. The van der Waals surface area contributed by atoms with E-state index >= 15 is 0 Å². The smallest absolute Gasteiger partial charge is 0.272 e. The highest BCUT2D eigenvalue weighted by Gasteiger charge is 2.33.